The van der Waals surface area contributed by atoms with E-state index >= 15 is 0 Å². The molecule has 1 amide bonds. The number of amides is 1. The standard InChI is InChI=1S/C19H27NO5S/c1-3-4-14-26(24,25)16-10-8-15(9-11-16)17(21)20(2)19(18(22)23)12-6-5-7-13-19/h8-11H,3-7,12-14H2,1-2H3,(H,22,23). The molecule has 0 aliphatic heterocycles. The highest BCUT2D eigenvalue weighted by atomic mass is 32.2. The van der Waals surface area contributed by atoms with Crippen molar-refractivity contribution in [2.24, 2.45) is 0 Å². The molecule has 1 saturated carbocycles. The molecule has 26 heavy (non-hydrogen) atoms. The predicted octanol–water partition coefficient (Wildman–Crippen LogP) is 3.12. The minimum Gasteiger partial charge on any atom is -0.479 e. The van der Waals surface area contributed by atoms with E-state index in [2.05, 4.69) is 0 Å². The van der Waals surface area contributed by atoms with Crippen molar-refractivity contribution in [3.63, 3.8) is 0 Å². The van der Waals surface area contributed by atoms with Crippen molar-refractivity contribution in [2.75, 3.05) is 12.8 Å². The van der Waals surface area contributed by atoms with Gasteiger partial charge in [-0.25, -0.2) is 13.2 Å². The van der Waals surface area contributed by atoms with Crippen LogP contribution in [0.1, 0.15) is 62.2 Å². The number of likely N-dealkylation sites (N-methyl/N-ethyl adjacent to an activating group) is 1. The molecule has 0 spiro atoms. The van der Waals surface area contributed by atoms with Crippen molar-refractivity contribution >= 4 is 21.7 Å². The average Bonchev–Trinajstić information content (AvgIpc) is 2.65. The molecule has 1 aliphatic rings. The van der Waals surface area contributed by atoms with Gasteiger partial charge in [-0.05, 0) is 43.5 Å². The summed E-state index contributed by atoms with van der Waals surface area (Å²) in [5.41, 5.74) is -0.880. The van der Waals surface area contributed by atoms with Gasteiger partial charge >= 0.3 is 5.97 Å². The van der Waals surface area contributed by atoms with Crippen LogP contribution in [-0.4, -0.2) is 48.6 Å². The fourth-order valence-electron chi connectivity index (χ4n) is 3.47. The molecule has 1 aromatic rings. The van der Waals surface area contributed by atoms with E-state index in [4.69, 9.17) is 0 Å². The van der Waals surface area contributed by atoms with Gasteiger partial charge in [-0.15, -0.1) is 0 Å². The molecule has 0 saturated heterocycles. The number of carbonyl (C=O) groups excluding carboxylic acids is 1. The SMILES string of the molecule is CCCCS(=O)(=O)c1ccc(C(=O)N(C)C2(C(=O)O)CCCCC2)cc1. The maximum absolute atomic E-state index is 12.8. The average molecular weight is 381 g/mol. The quantitative estimate of drug-likeness (QED) is 0.783. The first-order valence-corrected chi connectivity index (χ1v) is 10.7. The Labute approximate surface area is 155 Å². The zero-order valence-electron chi connectivity index (χ0n) is 15.4. The fraction of sp³-hybridized carbons (Fsp3) is 0.579. The predicted molar refractivity (Wildman–Crippen MR) is 98.9 cm³/mol. The lowest BCUT2D eigenvalue weighted by Crippen LogP contribution is -2.56. The molecule has 1 N–H and O–H groups in total. The van der Waals surface area contributed by atoms with E-state index in [1.807, 2.05) is 6.92 Å². The number of benzene rings is 1. The van der Waals surface area contributed by atoms with Crippen molar-refractivity contribution in [3.05, 3.63) is 29.8 Å². The van der Waals surface area contributed by atoms with E-state index in [0.29, 0.717) is 24.8 Å². The Balaban J connectivity index is 2.22. The summed E-state index contributed by atoms with van der Waals surface area (Å²) >= 11 is 0. The van der Waals surface area contributed by atoms with Gasteiger partial charge in [0.25, 0.3) is 5.91 Å². The van der Waals surface area contributed by atoms with Gasteiger partial charge in [0.05, 0.1) is 10.6 Å². The number of carbonyl (C=O) groups is 2. The Kier molecular flexibility index (Phi) is 6.44. The topological polar surface area (TPSA) is 91.8 Å². The summed E-state index contributed by atoms with van der Waals surface area (Å²) in [6.45, 7) is 1.93. The highest BCUT2D eigenvalue weighted by Gasteiger charge is 2.45. The summed E-state index contributed by atoms with van der Waals surface area (Å²) in [5, 5.41) is 9.71. The first kappa shape index (κ1) is 20.4. The molecule has 0 heterocycles. The van der Waals surface area contributed by atoms with Crippen LogP contribution in [0.25, 0.3) is 0 Å². The van der Waals surface area contributed by atoms with E-state index in [0.717, 1.165) is 25.7 Å². The number of hydrogen-bond acceptors (Lipinski definition) is 4. The largest absolute Gasteiger partial charge is 0.479 e. The zero-order valence-corrected chi connectivity index (χ0v) is 16.2. The van der Waals surface area contributed by atoms with E-state index < -0.39 is 27.3 Å². The van der Waals surface area contributed by atoms with Gasteiger partial charge in [0, 0.05) is 12.6 Å². The summed E-state index contributed by atoms with van der Waals surface area (Å²) in [4.78, 5) is 26.2. The number of aliphatic carboxylic acids is 1. The highest BCUT2D eigenvalue weighted by Crippen LogP contribution is 2.34. The minimum absolute atomic E-state index is 0.0822. The number of carboxylic acids is 1. The van der Waals surface area contributed by atoms with Crippen LogP contribution in [0.5, 0.6) is 0 Å². The molecule has 2 rings (SSSR count). The number of nitrogens with zero attached hydrogens (tertiary/aromatic N) is 1. The van der Waals surface area contributed by atoms with Crippen LogP contribution >= 0.6 is 0 Å². The van der Waals surface area contributed by atoms with E-state index in [1.165, 1.54) is 36.2 Å². The fourth-order valence-corrected chi connectivity index (χ4v) is 4.93. The Bertz CT molecular complexity index is 749. The first-order chi connectivity index (χ1) is 12.2. The monoisotopic (exact) mass is 381 g/mol. The van der Waals surface area contributed by atoms with Gasteiger partial charge in [0.15, 0.2) is 9.84 Å². The third kappa shape index (κ3) is 4.09. The van der Waals surface area contributed by atoms with Gasteiger partial charge in [-0.3, -0.25) is 4.79 Å². The number of rotatable bonds is 7. The lowest BCUT2D eigenvalue weighted by molar-refractivity contribution is -0.151. The molecule has 0 aromatic heterocycles. The molecule has 0 atom stereocenters. The number of hydrogen-bond donors (Lipinski definition) is 1. The molecule has 1 aromatic carbocycles. The van der Waals surface area contributed by atoms with Crippen molar-refractivity contribution in [3.8, 4) is 0 Å². The summed E-state index contributed by atoms with van der Waals surface area (Å²) in [5.74, 6) is -1.29. The highest BCUT2D eigenvalue weighted by molar-refractivity contribution is 7.91. The molecule has 144 valence electrons. The van der Waals surface area contributed by atoms with Crippen LogP contribution in [-0.2, 0) is 14.6 Å². The van der Waals surface area contributed by atoms with E-state index in [1.54, 1.807) is 0 Å². The minimum atomic E-state index is -3.35. The van der Waals surface area contributed by atoms with Crippen molar-refractivity contribution in [1.82, 2.24) is 4.90 Å². The maximum Gasteiger partial charge on any atom is 0.329 e. The van der Waals surface area contributed by atoms with Gasteiger partial charge < -0.3 is 10.0 Å². The Morgan fingerprint density at radius 2 is 1.69 bits per heavy atom. The summed E-state index contributed by atoms with van der Waals surface area (Å²) in [7, 11) is -1.83. The Morgan fingerprint density at radius 3 is 2.19 bits per heavy atom. The van der Waals surface area contributed by atoms with Crippen LogP contribution in [0.3, 0.4) is 0 Å². The van der Waals surface area contributed by atoms with E-state index in [-0.39, 0.29) is 10.6 Å². The van der Waals surface area contributed by atoms with Crippen molar-refractivity contribution in [1.29, 1.82) is 0 Å². The molecule has 1 aliphatic carbocycles. The van der Waals surface area contributed by atoms with Crippen LogP contribution in [0.2, 0.25) is 0 Å². The summed E-state index contributed by atoms with van der Waals surface area (Å²) in [6, 6.07) is 5.80. The van der Waals surface area contributed by atoms with Gasteiger partial charge in [-0.2, -0.15) is 0 Å². The molecule has 0 bridgehead atoms. The lowest BCUT2D eigenvalue weighted by atomic mass is 9.80. The van der Waals surface area contributed by atoms with Crippen LogP contribution in [0.15, 0.2) is 29.2 Å². The summed E-state index contributed by atoms with van der Waals surface area (Å²) < 4.78 is 24.4. The number of carboxylic acid groups (broad SMARTS) is 1. The molecule has 0 radical (unpaired) electrons. The zero-order chi connectivity index (χ0) is 19.4. The third-order valence-corrected chi connectivity index (χ3v) is 7.07. The maximum atomic E-state index is 12.8. The second-order valence-corrected chi connectivity index (χ2v) is 9.07. The smallest absolute Gasteiger partial charge is 0.329 e. The molecular formula is C19H27NO5S. The molecule has 6 nitrogen and oxygen atoms in total. The first-order valence-electron chi connectivity index (χ1n) is 9.09. The van der Waals surface area contributed by atoms with Crippen molar-refractivity contribution in [2.45, 2.75) is 62.3 Å². The molecule has 1 fully saturated rings. The molecule has 7 heteroatoms. The van der Waals surface area contributed by atoms with Crippen LogP contribution in [0.4, 0.5) is 0 Å². The number of sulfone groups is 1. The van der Waals surface area contributed by atoms with Gasteiger partial charge in [0.1, 0.15) is 5.54 Å². The van der Waals surface area contributed by atoms with Gasteiger partial charge in [0.2, 0.25) is 0 Å². The second kappa shape index (κ2) is 8.20. The van der Waals surface area contributed by atoms with Crippen LogP contribution in [0, 0.1) is 0 Å². The second-order valence-electron chi connectivity index (χ2n) is 6.96. The van der Waals surface area contributed by atoms with E-state index in [9.17, 15) is 23.1 Å². The number of unbranched alkanes of at least 4 members (excludes halogenated alkanes) is 1. The molecule has 0 unspecified atom stereocenters. The van der Waals surface area contributed by atoms with Gasteiger partial charge in [-0.1, -0.05) is 32.6 Å². The van der Waals surface area contributed by atoms with Crippen molar-refractivity contribution < 1.29 is 23.1 Å². The third-order valence-electron chi connectivity index (χ3n) is 5.25. The molecular weight excluding hydrogens is 354 g/mol. The Hall–Kier alpha value is -1.89. The Morgan fingerprint density at radius 1 is 1.12 bits per heavy atom. The lowest BCUT2D eigenvalue weighted by Gasteiger charge is -2.41. The van der Waals surface area contributed by atoms with Crippen LogP contribution < -0.4 is 0 Å². The normalized spacial score (nSPS) is 16.8. The summed E-state index contributed by atoms with van der Waals surface area (Å²) in [6.07, 6.45) is 4.78.